The van der Waals surface area contributed by atoms with Crippen LogP contribution in [0.3, 0.4) is 0 Å². The van der Waals surface area contributed by atoms with E-state index >= 15 is 0 Å². The predicted molar refractivity (Wildman–Crippen MR) is 136 cm³/mol. The number of carboxylic acids is 2. The summed E-state index contributed by atoms with van der Waals surface area (Å²) in [5.41, 5.74) is 2.38. The Bertz CT molecular complexity index is 901. The van der Waals surface area contributed by atoms with E-state index in [2.05, 4.69) is 19.1 Å². The smallest absolute Gasteiger partial charge is 0.335 e. The Morgan fingerprint density at radius 3 is 2.35 bits per heavy atom. The van der Waals surface area contributed by atoms with Gasteiger partial charge in [0.25, 0.3) is 0 Å². The number of aromatic carboxylic acids is 1. The Hall–Kier alpha value is -3.08. The highest BCUT2D eigenvalue weighted by molar-refractivity contribution is 5.87. The van der Waals surface area contributed by atoms with E-state index < -0.39 is 11.9 Å². The topological polar surface area (TPSA) is 83.8 Å². The van der Waals surface area contributed by atoms with Crippen LogP contribution in [0.25, 0.3) is 6.08 Å². The minimum Gasteiger partial charge on any atom is -0.493 e. The average Bonchev–Trinajstić information content (AvgIpc) is 2.83. The molecular formula is C29H38O5. The molecule has 2 aromatic rings. The summed E-state index contributed by atoms with van der Waals surface area (Å²) in [5, 5.41) is 18.0. The van der Waals surface area contributed by atoms with Crippen LogP contribution in [0.5, 0.6) is 5.75 Å². The monoisotopic (exact) mass is 466 g/mol. The van der Waals surface area contributed by atoms with E-state index in [1.807, 2.05) is 36.4 Å². The number of rotatable bonds is 17. The Kier molecular flexibility index (Phi) is 12.5. The maximum atomic E-state index is 11.1. The zero-order chi connectivity index (χ0) is 24.6. The second-order valence-electron chi connectivity index (χ2n) is 8.77. The van der Waals surface area contributed by atoms with E-state index in [0.717, 1.165) is 42.6 Å². The lowest BCUT2D eigenvalue weighted by Crippen LogP contribution is -2.04. The first-order valence-corrected chi connectivity index (χ1v) is 12.4. The van der Waals surface area contributed by atoms with Crippen LogP contribution in [0.2, 0.25) is 0 Å². The molecule has 0 radical (unpaired) electrons. The molecule has 0 fully saturated rings. The van der Waals surface area contributed by atoms with Crippen molar-refractivity contribution >= 4 is 18.0 Å². The molecule has 2 aromatic carbocycles. The van der Waals surface area contributed by atoms with Gasteiger partial charge in [0.15, 0.2) is 0 Å². The van der Waals surface area contributed by atoms with Crippen molar-refractivity contribution in [3.63, 3.8) is 0 Å². The molecule has 0 saturated carbocycles. The Morgan fingerprint density at radius 1 is 0.912 bits per heavy atom. The molecule has 34 heavy (non-hydrogen) atoms. The van der Waals surface area contributed by atoms with E-state index in [0.29, 0.717) is 13.0 Å². The lowest BCUT2D eigenvalue weighted by Gasteiger charge is -2.14. The molecule has 184 valence electrons. The summed E-state index contributed by atoms with van der Waals surface area (Å²) in [5.74, 6) is -0.605. The molecular weight excluding hydrogens is 428 g/mol. The molecule has 0 aliphatic rings. The van der Waals surface area contributed by atoms with Gasteiger partial charge in [-0.3, -0.25) is 4.79 Å². The fraction of sp³-hybridized carbons (Fsp3) is 0.448. The number of para-hydroxylation sites is 1. The van der Waals surface area contributed by atoms with Gasteiger partial charge in [0, 0.05) is 12.0 Å². The molecule has 0 saturated heterocycles. The minimum absolute atomic E-state index is 0.179. The average molecular weight is 467 g/mol. The van der Waals surface area contributed by atoms with Crippen molar-refractivity contribution < 1.29 is 24.5 Å². The van der Waals surface area contributed by atoms with Crippen molar-refractivity contribution in [2.24, 2.45) is 5.92 Å². The minimum atomic E-state index is -0.932. The number of allylic oxidation sites excluding steroid dienone is 1. The third-order valence-electron chi connectivity index (χ3n) is 5.89. The number of hydrogen-bond acceptors (Lipinski definition) is 3. The highest BCUT2D eigenvalue weighted by Crippen LogP contribution is 2.24. The first kappa shape index (κ1) is 27.2. The number of aliphatic carboxylic acids is 1. The molecule has 0 spiro atoms. The van der Waals surface area contributed by atoms with Gasteiger partial charge in [-0.05, 0) is 55.4 Å². The van der Waals surface area contributed by atoms with Crippen LogP contribution in [-0.4, -0.2) is 28.8 Å². The van der Waals surface area contributed by atoms with Gasteiger partial charge >= 0.3 is 11.9 Å². The van der Waals surface area contributed by atoms with Crippen LogP contribution in [0, 0.1) is 5.92 Å². The van der Waals surface area contributed by atoms with Gasteiger partial charge in [-0.15, -0.1) is 0 Å². The van der Waals surface area contributed by atoms with Gasteiger partial charge < -0.3 is 14.9 Å². The zero-order valence-electron chi connectivity index (χ0n) is 20.2. The van der Waals surface area contributed by atoms with Gasteiger partial charge in [0.05, 0.1) is 12.2 Å². The first-order chi connectivity index (χ1) is 16.5. The normalized spacial score (nSPS) is 12.0. The molecule has 2 N–H and O–H groups in total. The molecule has 0 bridgehead atoms. The Morgan fingerprint density at radius 2 is 1.65 bits per heavy atom. The van der Waals surface area contributed by atoms with E-state index in [9.17, 15) is 9.59 Å². The maximum absolute atomic E-state index is 11.1. The summed E-state index contributed by atoms with van der Waals surface area (Å²) in [6.45, 7) is 2.92. The van der Waals surface area contributed by atoms with E-state index in [1.165, 1.54) is 25.7 Å². The number of carboxylic acid groups (broad SMARTS) is 2. The molecule has 1 atom stereocenters. The SMILES string of the molecule is CCCCCCCOc1ccccc1C=CC(CCCCC(=O)O)Cc1ccc(C(=O)O)cc1. The fourth-order valence-corrected chi connectivity index (χ4v) is 3.91. The highest BCUT2D eigenvalue weighted by atomic mass is 16.5. The lowest BCUT2D eigenvalue weighted by atomic mass is 9.92. The van der Waals surface area contributed by atoms with Crippen LogP contribution in [0.1, 0.15) is 86.2 Å². The molecule has 0 amide bonds. The van der Waals surface area contributed by atoms with Gasteiger partial charge in [-0.1, -0.05) is 81.5 Å². The number of carbonyl (C=O) groups is 2. The van der Waals surface area contributed by atoms with Crippen molar-refractivity contribution in [1.29, 1.82) is 0 Å². The van der Waals surface area contributed by atoms with E-state index in [4.69, 9.17) is 14.9 Å². The highest BCUT2D eigenvalue weighted by Gasteiger charge is 2.10. The molecule has 2 rings (SSSR count). The quantitative estimate of drug-likeness (QED) is 0.240. The summed E-state index contributed by atoms with van der Waals surface area (Å²) in [7, 11) is 0. The molecule has 0 aromatic heterocycles. The van der Waals surface area contributed by atoms with Gasteiger partial charge in [-0.2, -0.15) is 0 Å². The summed E-state index contributed by atoms with van der Waals surface area (Å²) in [6.07, 6.45) is 13.5. The van der Waals surface area contributed by atoms with Crippen molar-refractivity contribution in [2.45, 2.75) is 71.1 Å². The first-order valence-electron chi connectivity index (χ1n) is 12.4. The van der Waals surface area contributed by atoms with Crippen molar-refractivity contribution in [1.82, 2.24) is 0 Å². The zero-order valence-corrected chi connectivity index (χ0v) is 20.2. The molecule has 1 unspecified atom stereocenters. The molecule has 5 nitrogen and oxygen atoms in total. The summed E-state index contributed by atoms with van der Waals surface area (Å²) < 4.78 is 6.06. The summed E-state index contributed by atoms with van der Waals surface area (Å²) in [4.78, 5) is 22.0. The molecule has 0 heterocycles. The Labute approximate surface area is 203 Å². The van der Waals surface area contributed by atoms with Crippen molar-refractivity contribution in [3.05, 3.63) is 71.3 Å². The number of ether oxygens (including phenoxy) is 1. The van der Waals surface area contributed by atoms with E-state index in [1.54, 1.807) is 12.1 Å². The van der Waals surface area contributed by atoms with Crippen LogP contribution in [0.15, 0.2) is 54.6 Å². The number of benzene rings is 2. The van der Waals surface area contributed by atoms with Crippen LogP contribution in [-0.2, 0) is 11.2 Å². The predicted octanol–water partition coefficient (Wildman–Crippen LogP) is 7.25. The second kappa shape index (κ2) is 15.7. The third kappa shape index (κ3) is 10.7. The van der Waals surface area contributed by atoms with Crippen LogP contribution in [0.4, 0.5) is 0 Å². The second-order valence-corrected chi connectivity index (χ2v) is 8.77. The van der Waals surface area contributed by atoms with Crippen molar-refractivity contribution in [3.8, 4) is 5.75 Å². The standard InChI is InChI=1S/C29H38O5/c1-2-3-4-5-10-21-34-27-13-8-7-12-25(27)18-15-23(11-6-9-14-28(30)31)22-24-16-19-26(20-17-24)29(32)33/h7-8,12-13,15-20,23H,2-6,9-11,14,21-22H2,1H3,(H,30,31)(H,32,33). The van der Waals surface area contributed by atoms with Crippen LogP contribution < -0.4 is 4.74 Å². The largest absolute Gasteiger partial charge is 0.493 e. The van der Waals surface area contributed by atoms with Gasteiger partial charge in [0.2, 0.25) is 0 Å². The fourth-order valence-electron chi connectivity index (χ4n) is 3.91. The molecule has 0 aliphatic heterocycles. The molecule has 5 heteroatoms. The van der Waals surface area contributed by atoms with Crippen molar-refractivity contribution in [2.75, 3.05) is 6.61 Å². The van der Waals surface area contributed by atoms with Crippen LogP contribution >= 0.6 is 0 Å². The van der Waals surface area contributed by atoms with Gasteiger partial charge in [-0.25, -0.2) is 4.79 Å². The molecule has 0 aliphatic carbocycles. The van der Waals surface area contributed by atoms with Gasteiger partial charge in [0.1, 0.15) is 5.75 Å². The van der Waals surface area contributed by atoms with E-state index in [-0.39, 0.29) is 17.9 Å². The lowest BCUT2D eigenvalue weighted by molar-refractivity contribution is -0.137. The number of unbranched alkanes of at least 4 members (excludes halogenated alkanes) is 5. The third-order valence-corrected chi connectivity index (χ3v) is 5.89. The number of hydrogen-bond donors (Lipinski definition) is 2. The Balaban J connectivity index is 2.03. The summed E-state index contributed by atoms with van der Waals surface area (Å²) >= 11 is 0. The maximum Gasteiger partial charge on any atom is 0.335 e. The summed E-state index contributed by atoms with van der Waals surface area (Å²) in [6, 6.07) is 15.0.